The van der Waals surface area contributed by atoms with Gasteiger partial charge in [0, 0.05) is 37.2 Å². The summed E-state index contributed by atoms with van der Waals surface area (Å²) in [5.41, 5.74) is 2.90. The molecule has 3 aliphatic heterocycles. The summed E-state index contributed by atoms with van der Waals surface area (Å²) >= 11 is 0. The maximum absolute atomic E-state index is 13.0. The zero-order valence-electron chi connectivity index (χ0n) is 20.4. The molecule has 0 bridgehead atoms. The molecule has 7 nitrogen and oxygen atoms in total. The molecule has 1 saturated carbocycles. The van der Waals surface area contributed by atoms with Crippen molar-refractivity contribution in [3.63, 3.8) is 0 Å². The molecule has 0 aromatic heterocycles. The van der Waals surface area contributed by atoms with Gasteiger partial charge >= 0.3 is 0 Å². The van der Waals surface area contributed by atoms with E-state index in [-0.39, 0.29) is 24.1 Å². The molecule has 0 radical (unpaired) electrons. The lowest BCUT2D eigenvalue weighted by Crippen LogP contribution is -2.52. The molecule has 182 valence electrons. The van der Waals surface area contributed by atoms with Crippen LogP contribution in [0.2, 0.25) is 5.31 Å². The second-order valence-corrected chi connectivity index (χ2v) is 11.4. The van der Waals surface area contributed by atoms with Crippen LogP contribution < -0.4 is 10.6 Å². The number of amides is 3. The first kappa shape index (κ1) is 23.6. The molecule has 2 N–H and O–H groups in total. The minimum atomic E-state index is -0.564. The number of benzene rings is 1. The van der Waals surface area contributed by atoms with Gasteiger partial charge in [0.15, 0.2) is 0 Å². The summed E-state index contributed by atoms with van der Waals surface area (Å²) in [6.07, 6.45) is 7.66. The van der Waals surface area contributed by atoms with Gasteiger partial charge in [-0.15, -0.1) is 0 Å². The maximum Gasteiger partial charge on any atom is 0.255 e. The van der Waals surface area contributed by atoms with Crippen molar-refractivity contribution in [2.45, 2.75) is 88.3 Å². The predicted octanol–water partition coefficient (Wildman–Crippen LogP) is 1.74. The number of ether oxygens (including phenoxy) is 1. The van der Waals surface area contributed by atoms with Crippen LogP contribution in [0.1, 0.15) is 73.4 Å². The van der Waals surface area contributed by atoms with E-state index in [1.165, 1.54) is 31.2 Å². The normalized spacial score (nSPS) is 34.1. The molecule has 2 saturated heterocycles. The lowest BCUT2D eigenvalue weighted by atomic mass is 9.61. The highest BCUT2D eigenvalue weighted by Gasteiger charge is 2.39. The molecule has 5 rings (SSSR count). The molecule has 8 heteroatoms. The van der Waals surface area contributed by atoms with Gasteiger partial charge < -0.3 is 15.0 Å². The van der Waals surface area contributed by atoms with Crippen LogP contribution in [0.5, 0.6) is 0 Å². The molecule has 3 atom stereocenters. The van der Waals surface area contributed by atoms with E-state index in [0.29, 0.717) is 41.8 Å². The van der Waals surface area contributed by atoms with Crippen LogP contribution in [0, 0.1) is 5.92 Å². The third-order valence-electron chi connectivity index (χ3n) is 8.37. The lowest BCUT2D eigenvalue weighted by Gasteiger charge is -2.40. The second kappa shape index (κ2) is 9.46. The monoisotopic (exact) mass is 465 g/mol. The Balaban J connectivity index is 1.24. The zero-order valence-corrected chi connectivity index (χ0v) is 20.4. The molecule has 3 heterocycles. The number of carbonyl (C=O) groups is 3. The second-order valence-electron chi connectivity index (χ2n) is 11.4. The van der Waals surface area contributed by atoms with Crippen molar-refractivity contribution in [2.24, 2.45) is 5.92 Å². The third-order valence-corrected chi connectivity index (χ3v) is 8.37. The van der Waals surface area contributed by atoms with Gasteiger partial charge in [-0.2, -0.15) is 0 Å². The fourth-order valence-corrected chi connectivity index (χ4v) is 6.14. The summed E-state index contributed by atoms with van der Waals surface area (Å²) in [4.78, 5) is 38.4. The lowest BCUT2D eigenvalue weighted by molar-refractivity contribution is -0.136. The van der Waals surface area contributed by atoms with Gasteiger partial charge in [-0.3, -0.25) is 19.7 Å². The molecule has 3 fully saturated rings. The molecule has 0 spiro atoms. The number of piperidine rings is 1. The molecule has 1 aromatic carbocycles. The number of imide groups is 1. The molecule has 2 unspecified atom stereocenters. The number of nitrogens with zero attached hydrogens (tertiary/aromatic N) is 1. The predicted molar refractivity (Wildman–Crippen MR) is 131 cm³/mol. The Labute approximate surface area is 202 Å². The fourth-order valence-electron chi connectivity index (χ4n) is 6.14. The highest BCUT2D eigenvalue weighted by atomic mass is 16.5. The third kappa shape index (κ3) is 4.94. The minimum Gasteiger partial charge on any atom is -0.380 e. The van der Waals surface area contributed by atoms with E-state index in [1.54, 1.807) is 4.90 Å². The number of carbonyl (C=O) groups excluding carboxylic acids is 3. The van der Waals surface area contributed by atoms with Crippen molar-refractivity contribution < 1.29 is 19.1 Å². The van der Waals surface area contributed by atoms with E-state index in [0.717, 1.165) is 31.6 Å². The summed E-state index contributed by atoms with van der Waals surface area (Å²) < 4.78 is 5.84. The van der Waals surface area contributed by atoms with E-state index in [1.807, 2.05) is 6.07 Å². The highest BCUT2D eigenvalue weighted by Crippen LogP contribution is 2.39. The topological polar surface area (TPSA) is 87.7 Å². The van der Waals surface area contributed by atoms with Gasteiger partial charge in [0.1, 0.15) is 13.9 Å². The van der Waals surface area contributed by atoms with Crippen molar-refractivity contribution in [2.75, 3.05) is 13.2 Å². The summed E-state index contributed by atoms with van der Waals surface area (Å²) in [6, 6.07) is 6.50. The summed E-state index contributed by atoms with van der Waals surface area (Å²) in [6.45, 7) is 4.36. The van der Waals surface area contributed by atoms with Crippen molar-refractivity contribution in [1.82, 2.24) is 15.5 Å². The first-order valence-electron chi connectivity index (χ1n) is 12.9. The first-order valence-corrected chi connectivity index (χ1v) is 12.9. The number of hydrogen-bond donors (Lipinski definition) is 2. The van der Waals surface area contributed by atoms with Crippen LogP contribution in [-0.4, -0.2) is 61.8 Å². The minimum absolute atomic E-state index is 0.109. The van der Waals surface area contributed by atoms with E-state index in [4.69, 9.17) is 4.74 Å². The van der Waals surface area contributed by atoms with Crippen molar-refractivity contribution in [1.29, 1.82) is 0 Å². The average molecular weight is 465 g/mol. The quantitative estimate of drug-likeness (QED) is 0.511. The van der Waals surface area contributed by atoms with Crippen LogP contribution >= 0.6 is 0 Å². The Morgan fingerprint density at radius 2 is 1.97 bits per heavy atom. The van der Waals surface area contributed by atoms with E-state index >= 15 is 0 Å². The van der Waals surface area contributed by atoms with Crippen LogP contribution in [0.4, 0.5) is 0 Å². The molecule has 1 aliphatic carbocycles. The fraction of sp³-hybridized carbons (Fsp3) is 0.654. The van der Waals surface area contributed by atoms with Crippen molar-refractivity contribution in [3.05, 3.63) is 34.9 Å². The van der Waals surface area contributed by atoms with Gasteiger partial charge in [-0.25, -0.2) is 0 Å². The van der Waals surface area contributed by atoms with Crippen molar-refractivity contribution >= 4 is 25.6 Å². The van der Waals surface area contributed by atoms with Gasteiger partial charge in [0.25, 0.3) is 5.91 Å². The Kier molecular flexibility index (Phi) is 6.55. The first-order chi connectivity index (χ1) is 16.3. The van der Waals surface area contributed by atoms with Crippen LogP contribution in [0.15, 0.2) is 18.2 Å². The molecular formula is C26H36BN3O4. The Morgan fingerprint density at radius 3 is 2.74 bits per heavy atom. The van der Waals surface area contributed by atoms with E-state index < -0.39 is 6.04 Å². The Hall–Kier alpha value is -2.19. The van der Waals surface area contributed by atoms with E-state index in [2.05, 4.69) is 37.5 Å². The van der Waals surface area contributed by atoms with Gasteiger partial charge in [0.05, 0.1) is 6.61 Å². The molecule has 1 aromatic rings. The number of fused-ring (bicyclic) bond motifs is 1. The molecule has 4 aliphatic rings. The average Bonchev–Trinajstić information content (AvgIpc) is 3.12. The summed E-state index contributed by atoms with van der Waals surface area (Å²) in [5.74, 6) is -0.226. The van der Waals surface area contributed by atoms with Gasteiger partial charge in [0.2, 0.25) is 11.8 Å². The van der Waals surface area contributed by atoms with Crippen LogP contribution in [-0.2, 0) is 27.3 Å². The SMILES string of the molecule is BC1(C)CCC(NC2COCC[C@@H]2Cc2ccc3c(c2)CN(C2CCC(=O)NC2=O)C3=O)CC1. The van der Waals surface area contributed by atoms with Gasteiger partial charge in [-0.05, 0) is 55.2 Å². The maximum atomic E-state index is 13.0. The largest absolute Gasteiger partial charge is 0.380 e. The molecular weight excluding hydrogens is 429 g/mol. The van der Waals surface area contributed by atoms with E-state index in [9.17, 15) is 14.4 Å². The Bertz CT molecular complexity index is 971. The van der Waals surface area contributed by atoms with Crippen LogP contribution in [0.25, 0.3) is 0 Å². The number of hydrogen-bond acceptors (Lipinski definition) is 5. The molecule has 3 amide bonds. The molecule has 34 heavy (non-hydrogen) atoms. The summed E-state index contributed by atoms with van der Waals surface area (Å²) in [5, 5.41) is 6.76. The Morgan fingerprint density at radius 1 is 1.18 bits per heavy atom. The number of rotatable bonds is 5. The zero-order chi connectivity index (χ0) is 23.9. The highest BCUT2D eigenvalue weighted by molar-refractivity contribution is 6.14. The standard InChI is InChI=1S/C26H36BN3O4/c1-26(27)9-6-19(7-10-26)28-21-15-34-11-8-17(21)12-16-2-3-20-18(13-16)14-30(25(20)33)22-4-5-23(31)29-24(22)32/h2-3,13,17,19,21-22,28H,4-12,14-15,27H2,1H3,(H,29,31,32)/t17-,19?,21?,22?,26?/m1/s1. The summed E-state index contributed by atoms with van der Waals surface area (Å²) in [7, 11) is 2.37. The van der Waals surface area contributed by atoms with Gasteiger partial charge in [-0.1, -0.05) is 37.2 Å². The number of nitrogens with one attached hydrogen (secondary N) is 2. The van der Waals surface area contributed by atoms with Crippen molar-refractivity contribution in [3.8, 4) is 0 Å². The van der Waals surface area contributed by atoms with Crippen LogP contribution in [0.3, 0.4) is 0 Å². The smallest absolute Gasteiger partial charge is 0.255 e.